The summed E-state index contributed by atoms with van der Waals surface area (Å²) in [5.74, 6) is 0. The summed E-state index contributed by atoms with van der Waals surface area (Å²) >= 11 is 0. The van der Waals surface area contributed by atoms with Crippen molar-refractivity contribution in [3.8, 4) is 33.4 Å². The van der Waals surface area contributed by atoms with Gasteiger partial charge in [0.25, 0.3) is 0 Å². The summed E-state index contributed by atoms with van der Waals surface area (Å²) in [5, 5.41) is 5.94. The zero-order chi connectivity index (χ0) is 28.3. The fourth-order valence-electron chi connectivity index (χ4n) is 6.68. The molecule has 3 aromatic heterocycles. The minimum absolute atomic E-state index is 0.927. The second-order valence-electron chi connectivity index (χ2n) is 11.3. The molecule has 200 valence electrons. The Labute approximate surface area is 248 Å². The first-order chi connectivity index (χ1) is 21.3. The Morgan fingerprint density at radius 2 is 1.35 bits per heavy atom. The molecule has 9 rings (SSSR count). The molecule has 1 aliphatic carbocycles. The van der Waals surface area contributed by atoms with E-state index in [0.29, 0.717) is 0 Å². The monoisotopic (exact) mass is 547 g/mol. The van der Waals surface area contributed by atoms with E-state index in [9.17, 15) is 0 Å². The number of fused-ring (bicyclic) bond motifs is 4. The molecule has 0 unspecified atom stereocenters. The van der Waals surface area contributed by atoms with Gasteiger partial charge in [0, 0.05) is 45.9 Å². The lowest BCUT2D eigenvalue weighted by molar-refractivity contribution is 1.29. The summed E-state index contributed by atoms with van der Waals surface area (Å²) in [5.41, 5.74) is 12.4. The summed E-state index contributed by atoms with van der Waals surface area (Å²) in [6, 6.07) is 39.2. The average molecular weight is 548 g/mol. The van der Waals surface area contributed by atoms with Gasteiger partial charge in [-0.05, 0) is 80.9 Å². The van der Waals surface area contributed by atoms with Crippen molar-refractivity contribution in [3.63, 3.8) is 0 Å². The third-order valence-electron chi connectivity index (χ3n) is 8.76. The minimum Gasteiger partial charge on any atom is -0.256 e. The average Bonchev–Trinajstić information content (AvgIpc) is 3.08. The highest BCUT2D eigenvalue weighted by Gasteiger charge is 2.17. The van der Waals surface area contributed by atoms with Crippen LogP contribution in [0.1, 0.15) is 11.1 Å². The van der Waals surface area contributed by atoms with Gasteiger partial charge >= 0.3 is 0 Å². The molecule has 0 spiro atoms. The number of rotatable bonds is 3. The van der Waals surface area contributed by atoms with E-state index in [1.165, 1.54) is 33.0 Å². The Balaban J connectivity index is 1.30. The first kappa shape index (κ1) is 24.0. The van der Waals surface area contributed by atoms with E-state index in [-0.39, 0.29) is 0 Å². The predicted molar refractivity (Wildman–Crippen MR) is 179 cm³/mol. The molecule has 0 saturated heterocycles. The Morgan fingerprint density at radius 1 is 0.512 bits per heavy atom. The fourth-order valence-corrected chi connectivity index (χ4v) is 6.68. The van der Waals surface area contributed by atoms with E-state index in [2.05, 4.69) is 114 Å². The van der Waals surface area contributed by atoms with E-state index >= 15 is 0 Å². The Hall–Kier alpha value is -5.67. The number of benzene rings is 5. The number of hydrogen-bond acceptors (Lipinski definition) is 3. The van der Waals surface area contributed by atoms with Crippen LogP contribution in [0, 0.1) is 0 Å². The first-order valence-corrected chi connectivity index (χ1v) is 14.6. The number of para-hydroxylation sites is 1. The molecule has 0 atom stereocenters. The van der Waals surface area contributed by atoms with Crippen LogP contribution in [-0.4, -0.2) is 15.0 Å². The fraction of sp³-hybridized carbons (Fsp3) is 0.0250. The van der Waals surface area contributed by atoms with Gasteiger partial charge in [-0.15, -0.1) is 0 Å². The molecule has 3 heterocycles. The predicted octanol–water partition coefficient (Wildman–Crippen LogP) is 10.1. The van der Waals surface area contributed by atoms with Crippen LogP contribution in [0.5, 0.6) is 0 Å². The van der Waals surface area contributed by atoms with Gasteiger partial charge in [0.15, 0.2) is 0 Å². The van der Waals surface area contributed by atoms with Crippen LogP contribution >= 0.6 is 0 Å². The molecule has 3 heteroatoms. The number of hydrogen-bond donors (Lipinski definition) is 0. The molecular weight excluding hydrogens is 522 g/mol. The summed E-state index contributed by atoms with van der Waals surface area (Å²) in [4.78, 5) is 14.4. The molecule has 0 bridgehead atoms. The van der Waals surface area contributed by atoms with E-state index in [1.807, 2.05) is 30.7 Å². The normalized spacial score (nSPS) is 12.5. The van der Waals surface area contributed by atoms with E-state index < -0.39 is 0 Å². The lowest BCUT2D eigenvalue weighted by Gasteiger charge is -2.19. The molecule has 0 saturated carbocycles. The molecular formula is C40H25N3. The quantitative estimate of drug-likeness (QED) is 0.207. The Kier molecular flexibility index (Phi) is 5.26. The maximum absolute atomic E-state index is 4.97. The molecule has 1 aliphatic rings. The third-order valence-corrected chi connectivity index (χ3v) is 8.76. The molecule has 0 aliphatic heterocycles. The lowest BCUT2D eigenvalue weighted by Crippen LogP contribution is -1.96. The summed E-state index contributed by atoms with van der Waals surface area (Å²) in [7, 11) is 0. The number of allylic oxidation sites excluding steroid dienone is 1. The van der Waals surface area contributed by atoms with Crippen LogP contribution in [0.4, 0.5) is 0 Å². The minimum atomic E-state index is 0.927. The van der Waals surface area contributed by atoms with Crippen molar-refractivity contribution < 1.29 is 0 Å². The number of aromatic nitrogens is 3. The Bertz CT molecular complexity index is 2440. The molecule has 0 N–H and O–H groups in total. The van der Waals surface area contributed by atoms with E-state index in [4.69, 9.17) is 9.97 Å². The molecule has 3 nitrogen and oxygen atoms in total. The van der Waals surface area contributed by atoms with Crippen molar-refractivity contribution >= 4 is 49.6 Å². The SMILES string of the molecule is C1=Cc2cccc3c(-c4cc(-c5cnc6ccccc6c5)ccc4-c4cnc5c(ccc6cccnc65)c4)ccc(c23)C1. The van der Waals surface area contributed by atoms with Crippen LogP contribution in [0.3, 0.4) is 0 Å². The van der Waals surface area contributed by atoms with Crippen LogP contribution in [0.25, 0.3) is 82.9 Å². The number of nitrogens with zero attached hydrogens (tertiary/aromatic N) is 3. The van der Waals surface area contributed by atoms with Crippen molar-refractivity contribution in [1.82, 2.24) is 15.0 Å². The standard InChI is InChI=1S/C40H25N3/c1-2-12-37-29(6-1)20-31(23-42-37)28-16-17-33(32-21-30-14-13-27-10-5-19-41-39(27)40(30)43-24-32)36(22-28)34-18-15-26-8-3-7-25-9-4-11-35(34)38(25)26/h1-7,9-24H,8H2. The number of pyridine rings is 3. The third kappa shape index (κ3) is 3.86. The second-order valence-corrected chi connectivity index (χ2v) is 11.3. The highest BCUT2D eigenvalue weighted by atomic mass is 14.7. The summed E-state index contributed by atoms with van der Waals surface area (Å²) in [6.07, 6.45) is 11.3. The molecule has 0 fully saturated rings. The van der Waals surface area contributed by atoms with Gasteiger partial charge in [0.2, 0.25) is 0 Å². The maximum atomic E-state index is 4.97. The van der Waals surface area contributed by atoms with Crippen LogP contribution in [0.15, 0.2) is 134 Å². The van der Waals surface area contributed by atoms with E-state index in [0.717, 1.165) is 61.4 Å². The van der Waals surface area contributed by atoms with Gasteiger partial charge < -0.3 is 0 Å². The highest BCUT2D eigenvalue weighted by Crippen LogP contribution is 2.42. The zero-order valence-electron chi connectivity index (χ0n) is 23.3. The van der Waals surface area contributed by atoms with Crippen LogP contribution in [-0.2, 0) is 6.42 Å². The van der Waals surface area contributed by atoms with Crippen molar-refractivity contribution in [2.75, 3.05) is 0 Å². The maximum Gasteiger partial charge on any atom is 0.0964 e. The molecule has 0 radical (unpaired) electrons. The second kappa shape index (κ2) is 9.43. The lowest BCUT2D eigenvalue weighted by atomic mass is 9.85. The topological polar surface area (TPSA) is 38.7 Å². The van der Waals surface area contributed by atoms with Crippen molar-refractivity contribution in [3.05, 3.63) is 145 Å². The zero-order valence-corrected chi connectivity index (χ0v) is 23.3. The molecule has 43 heavy (non-hydrogen) atoms. The smallest absolute Gasteiger partial charge is 0.0964 e. The van der Waals surface area contributed by atoms with Gasteiger partial charge in [-0.3, -0.25) is 15.0 Å². The van der Waals surface area contributed by atoms with E-state index in [1.54, 1.807) is 0 Å². The summed E-state index contributed by atoms with van der Waals surface area (Å²) in [6.45, 7) is 0. The van der Waals surface area contributed by atoms with Crippen LogP contribution < -0.4 is 0 Å². The van der Waals surface area contributed by atoms with Gasteiger partial charge in [-0.25, -0.2) is 0 Å². The van der Waals surface area contributed by atoms with Crippen molar-refractivity contribution in [2.45, 2.75) is 6.42 Å². The van der Waals surface area contributed by atoms with Crippen LogP contribution in [0.2, 0.25) is 0 Å². The van der Waals surface area contributed by atoms with Gasteiger partial charge in [0.1, 0.15) is 0 Å². The largest absolute Gasteiger partial charge is 0.256 e. The van der Waals surface area contributed by atoms with Crippen molar-refractivity contribution in [1.29, 1.82) is 0 Å². The molecule has 5 aromatic carbocycles. The summed E-state index contributed by atoms with van der Waals surface area (Å²) < 4.78 is 0. The first-order valence-electron chi connectivity index (χ1n) is 14.6. The molecule has 8 aromatic rings. The van der Waals surface area contributed by atoms with Gasteiger partial charge in [0.05, 0.1) is 16.6 Å². The highest BCUT2D eigenvalue weighted by molar-refractivity contribution is 6.08. The van der Waals surface area contributed by atoms with Gasteiger partial charge in [-0.1, -0.05) is 91.0 Å². The Morgan fingerprint density at radius 3 is 2.35 bits per heavy atom. The van der Waals surface area contributed by atoms with Gasteiger partial charge in [-0.2, -0.15) is 0 Å². The van der Waals surface area contributed by atoms with Crippen molar-refractivity contribution in [2.24, 2.45) is 0 Å². The molecule has 0 amide bonds.